The minimum Gasteiger partial charge on any atom is -0.466 e. The second kappa shape index (κ2) is 64.6. The van der Waals surface area contributed by atoms with E-state index in [0.29, 0.717) is 25.9 Å². The van der Waals surface area contributed by atoms with Crippen molar-refractivity contribution in [3.8, 4) is 0 Å². The highest BCUT2D eigenvalue weighted by atomic mass is 16.5. The molecular weight excluding hydrogens is 923 g/mol. The molecule has 2 atom stereocenters. The topological polar surface area (TPSA) is 95.9 Å². The molecule has 442 valence electrons. The predicted octanol–water partition coefficient (Wildman–Crippen LogP) is 21.5. The van der Waals surface area contributed by atoms with Gasteiger partial charge < -0.3 is 20.3 Å². The van der Waals surface area contributed by atoms with Crippen LogP contribution in [0, 0.1) is 0 Å². The molecule has 0 fully saturated rings. The molecule has 0 saturated carbocycles. The molecule has 0 radical (unpaired) electrons. The minimum atomic E-state index is -0.673. The Morgan fingerprint density at radius 2 is 0.667 bits per heavy atom. The lowest BCUT2D eigenvalue weighted by molar-refractivity contribution is -0.143. The maximum atomic E-state index is 12.5. The maximum absolute atomic E-state index is 12.5. The first kappa shape index (κ1) is 73.1. The van der Waals surface area contributed by atoms with Gasteiger partial charge >= 0.3 is 5.97 Å². The summed E-state index contributed by atoms with van der Waals surface area (Å²) in [5, 5.41) is 23.4. The third-order valence-corrected chi connectivity index (χ3v) is 15.7. The number of amides is 1. The predicted molar refractivity (Wildman–Crippen MR) is 329 cm³/mol. The number of allylic oxidation sites excluding steroid dienone is 6. The highest BCUT2D eigenvalue weighted by Crippen LogP contribution is 2.18. The van der Waals surface area contributed by atoms with Crippen molar-refractivity contribution in [1.29, 1.82) is 0 Å². The Hall–Kier alpha value is -1.92. The average molecular weight is 1050 g/mol. The molecule has 0 aliphatic carbocycles. The number of unbranched alkanes of at least 4 members (excludes halogenated alkanes) is 46. The molecule has 6 nitrogen and oxygen atoms in total. The third-order valence-electron chi connectivity index (χ3n) is 15.7. The van der Waals surface area contributed by atoms with Crippen LogP contribution in [-0.4, -0.2) is 47.4 Å². The molecule has 0 aromatic heterocycles. The van der Waals surface area contributed by atoms with Crippen LogP contribution in [0.25, 0.3) is 0 Å². The van der Waals surface area contributed by atoms with Gasteiger partial charge in [0.1, 0.15) is 0 Å². The lowest BCUT2D eigenvalue weighted by Crippen LogP contribution is -2.45. The second-order valence-corrected chi connectivity index (χ2v) is 23.1. The maximum Gasteiger partial charge on any atom is 0.305 e. The fraction of sp³-hybridized carbons (Fsp3) is 0.884. The van der Waals surface area contributed by atoms with E-state index in [2.05, 4.69) is 55.6 Å². The van der Waals surface area contributed by atoms with Crippen LogP contribution < -0.4 is 5.32 Å². The van der Waals surface area contributed by atoms with E-state index in [1.54, 1.807) is 0 Å². The number of ether oxygens (including phenoxy) is 1. The second-order valence-electron chi connectivity index (χ2n) is 23.1. The molecular formula is C69H131NO5. The van der Waals surface area contributed by atoms with Crippen LogP contribution in [0.2, 0.25) is 0 Å². The fourth-order valence-electron chi connectivity index (χ4n) is 10.5. The smallest absolute Gasteiger partial charge is 0.305 e. The van der Waals surface area contributed by atoms with Crippen molar-refractivity contribution in [3.05, 3.63) is 36.5 Å². The summed E-state index contributed by atoms with van der Waals surface area (Å²) in [5.41, 5.74) is 0. The zero-order chi connectivity index (χ0) is 54.3. The quantitative estimate of drug-likeness (QED) is 0.0320. The van der Waals surface area contributed by atoms with Crippen molar-refractivity contribution in [2.45, 2.75) is 379 Å². The van der Waals surface area contributed by atoms with Gasteiger partial charge in [-0.05, 0) is 83.5 Å². The number of rotatable bonds is 63. The summed E-state index contributed by atoms with van der Waals surface area (Å²) < 4.78 is 5.47. The minimum absolute atomic E-state index is 0.00180. The van der Waals surface area contributed by atoms with Gasteiger partial charge in [0.15, 0.2) is 0 Å². The summed E-state index contributed by atoms with van der Waals surface area (Å²) in [7, 11) is 0. The van der Waals surface area contributed by atoms with Crippen molar-refractivity contribution in [1.82, 2.24) is 5.32 Å². The van der Waals surface area contributed by atoms with Crippen molar-refractivity contribution < 1.29 is 24.5 Å². The van der Waals surface area contributed by atoms with E-state index < -0.39 is 12.1 Å². The Bertz CT molecular complexity index is 1210. The van der Waals surface area contributed by atoms with E-state index in [0.717, 1.165) is 57.8 Å². The zero-order valence-electron chi connectivity index (χ0n) is 50.5. The Labute approximate surface area is 468 Å². The number of aliphatic hydroxyl groups excluding tert-OH is 2. The van der Waals surface area contributed by atoms with E-state index in [9.17, 15) is 19.8 Å². The van der Waals surface area contributed by atoms with Crippen molar-refractivity contribution in [2.24, 2.45) is 0 Å². The molecule has 0 heterocycles. The van der Waals surface area contributed by atoms with Gasteiger partial charge in [-0.25, -0.2) is 0 Å². The van der Waals surface area contributed by atoms with Crippen molar-refractivity contribution in [2.75, 3.05) is 13.2 Å². The molecule has 2 unspecified atom stereocenters. The van der Waals surface area contributed by atoms with E-state index in [-0.39, 0.29) is 18.5 Å². The highest BCUT2D eigenvalue weighted by Gasteiger charge is 2.20. The van der Waals surface area contributed by atoms with Crippen LogP contribution in [0.3, 0.4) is 0 Å². The molecule has 6 heteroatoms. The molecule has 1 amide bonds. The van der Waals surface area contributed by atoms with Gasteiger partial charge in [-0.2, -0.15) is 0 Å². The van der Waals surface area contributed by atoms with Gasteiger partial charge in [-0.15, -0.1) is 0 Å². The molecule has 0 bridgehead atoms. The highest BCUT2D eigenvalue weighted by molar-refractivity contribution is 5.76. The summed E-state index contributed by atoms with van der Waals surface area (Å²) in [5.74, 6) is -0.0438. The van der Waals surface area contributed by atoms with Crippen LogP contribution >= 0.6 is 0 Å². The van der Waals surface area contributed by atoms with E-state index in [1.807, 2.05) is 0 Å². The molecule has 0 aliphatic heterocycles. The fourth-order valence-corrected chi connectivity index (χ4v) is 10.5. The van der Waals surface area contributed by atoms with Crippen LogP contribution in [-0.2, 0) is 14.3 Å². The van der Waals surface area contributed by atoms with E-state index >= 15 is 0 Å². The van der Waals surface area contributed by atoms with E-state index in [1.165, 1.54) is 276 Å². The molecule has 0 aromatic rings. The lowest BCUT2D eigenvalue weighted by Gasteiger charge is -2.22. The number of carbonyl (C=O) groups excluding carboxylic acids is 2. The van der Waals surface area contributed by atoms with Gasteiger partial charge in [0.2, 0.25) is 5.91 Å². The van der Waals surface area contributed by atoms with Gasteiger partial charge in [-0.3, -0.25) is 9.59 Å². The SMILES string of the molecule is CCCCCC/C=C\CCCCCCCC(=O)OCCCCCCCCCCC/C=C\C/C=C\CCCCCCCCCC(=O)NC(CO)C(O)CCCCCCCCCCCCCCCCCCCCCCCC. The summed E-state index contributed by atoms with van der Waals surface area (Å²) in [6.07, 6.45) is 81.7. The standard InChI is InChI=1S/C69H131NO5/c1-3-5-7-9-11-13-15-17-18-19-20-21-25-28-31-34-38-41-45-49-53-57-61-67(72)66(65-71)70-68(73)62-58-54-50-46-42-39-35-32-29-26-23-22-24-27-30-33-36-40-44-48-52-56-60-64-75-69(74)63-59-55-51-47-43-37-16-14-12-10-8-6-4-2/h14,16,22,24,26,29,66-67,71-72H,3-13,15,17-21,23,25,27-28,30-65H2,1-2H3,(H,70,73)/b16-14-,24-22-,29-26-. The first-order valence-corrected chi connectivity index (χ1v) is 33.7. The summed E-state index contributed by atoms with van der Waals surface area (Å²) in [4.78, 5) is 24.6. The van der Waals surface area contributed by atoms with Crippen molar-refractivity contribution >= 4 is 11.9 Å². The van der Waals surface area contributed by atoms with E-state index in [4.69, 9.17) is 4.74 Å². The molecule has 75 heavy (non-hydrogen) atoms. The molecule has 0 rings (SSSR count). The largest absolute Gasteiger partial charge is 0.466 e. The molecule has 3 N–H and O–H groups in total. The number of aliphatic hydroxyl groups is 2. The van der Waals surface area contributed by atoms with Gasteiger partial charge in [-0.1, -0.05) is 307 Å². The van der Waals surface area contributed by atoms with Crippen LogP contribution in [0.5, 0.6) is 0 Å². The van der Waals surface area contributed by atoms with Gasteiger partial charge in [0, 0.05) is 12.8 Å². The molecule has 0 aromatic carbocycles. The Morgan fingerprint density at radius 1 is 0.373 bits per heavy atom. The first-order chi connectivity index (χ1) is 37.0. The molecule has 0 spiro atoms. The first-order valence-electron chi connectivity index (χ1n) is 33.7. The lowest BCUT2D eigenvalue weighted by atomic mass is 10.0. The number of carbonyl (C=O) groups is 2. The average Bonchev–Trinajstić information content (AvgIpc) is 3.41. The van der Waals surface area contributed by atoms with Crippen LogP contribution in [0.4, 0.5) is 0 Å². The normalized spacial score (nSPS) is 12.7. The number of hydrogen-bond acceptors (Lipinski definition) is 5. The zero-order valence-corrected chi connectivity index (χ0v) is 50.5. The van der Waals surface area contributed by atoms with Crippen molar-refractivity contribution in [3.63, 3.8) is 0 Å². The Morgan fingerprint density at radius 3 is 1.04 bits per heavy atom. The number of nitrogens with one attached hydrogen (secondary N) is 1. The van der Waals surface area contributed by atoms with Crippen LogP contribution in [0.1, 0.15) is 367 Å². The third kappa shape index (κ3) is 61.2. The summed E-state index contributed by atoms with van der Waals surface area (Å²) >= 11 is 0. The number of hydrogen-bond donors (Lipinski definition) is 3. The Balaban J connectivity index is 3.45. The Kier molecular flexibility index (Phi) is 63.0. The summed E-state index contributed by atoms with van der Waals surface area (Å²) in [6, 6.07) is -0.551. The molecule has 0 saturated heterocycles. The monoisotopic (exact) mass is 1050 g/mol. The number of esters is 1. The van der Waals surface area contributed by atoms with Gasteiger partial charge in [0.05, 0.1) is 25.4 Å². The van der Waals surface area contributed by atoms with Crippen LogP contribution in [0.15, 0.2) is 36.5 Å². The van der Waals surface area contributed by atoms with Gasteiger partial charge in [0.25, 0.3) is 0 Å². The summed E-state index contributed by atoms with van der Waals surface area (Å²) in [6.45, 7) is 4.95. The molecule has 0 aliphatic rings.